The maximum Gasteiger partial charge on any atom is 0.305 e. The van der Waals surface area contributed by atoms with Crippen molar-refractivity contribution in [3.05, 3.63) is 35.6 Å². The molecule has 0 saturated carbocycles. The molecule has 1 saturated heterocycles. The van der Waals surface area contributed by atoms with Crippen LogP contribution in [-0.2, 0) is 9.53 Å². The fraction of sp³-hybridized carbons (Fsp3) is 0.375. The second-order valence-corrected chi connectivity index (χ2v) is 5.76. The van der Waals surface area contributed by atoms with Crippen molar-refractivity contribution in [2.75, 3.05) is 13.2 Å². The maximum absolute atomic E-state index is 12.4. The molecule has 0 aliphatic carbocycles. The molecular weight excluding hydrogens is 286 g/mol. The zero-order valence-electron chi connectivity index (χ0n) is 12.2. The van der Waals surface area contributed by atoms with Gasteiger partial charge in [-0.2, -0.15) is 0 Å². The molecule has 1 aromatic carbocycles. The van der Waals surface area contributed by atoms with Gasteiger partial charge in [0.25, 0.3) is 5.91 Å². The van der Waals surface area contributed by atoms with Crippen LogP contribution in [-0.4, -0.2) is 35.7 Å². The van der Waals surface area contributed by atoms with Crippen molar-refractivity contribution < 1.29 is 23.8 Å². The molecule has 1 unspecified atom stereocenters. The zero-order chi connectivity index (χ0) is 15.7. The summed E-state index contributed by atoms with van der Waals surface area (Å²) in [6.07, 6.45) is 0.308. The van der Waals surface area contributed by atoms with E-state index in [-0.39, 0.29) is 18.8 Å². The molecular formula is C16H17NO5. The van der Waals surface area contributed by atoms with Gasteiger partial charge in [0.15, 0.2) is 5.76 Å². The van der Waals surface area contributed by atoms with Gasteiger partial charge in [-0.05, 0) is 31.5 Å². The van der Waals surface area contributed by atoms with Crippen molar-refractivity contribution in [1.82, 2.24) is 5.32 Å². The van der Waals surface area contributed by atoms with Crippen molar-refractivity contribution >= 4 is 22.8 Å². The number of carbonyl (C=O) groups is 2. The Morgan fingerprint density at radius 3 is 2.86 bits per heavy atom. The topological polar surface area (TPSA) is 88.8 Å². The first-order chi connectivity index (χ1) is 10.5. The SMILES string of the molecule is Cc1ccc2oc(C(=O)NC3(CC(=O)O)CCOC3)cc2c1. The van der Waals surface area contributed by atoms with Gasteiger partial charge in [-0.25, -0.2) is 0 Å². The van der Waals surface area contributed by atoms with Gasteiger partial charge in [-0.1, -0.05) is 11.6 Å². The van der Waals surface area contributed by atoms with Crippen LogP contribution in [0.15, 0.2) is 28.7 Å². The van der Waals surface area contributed by atoms with Crippen LogP contribution >= 0.6 is 0 Å². The minimum atomic E-state index is -0.967. The maximum atomic E-state index is 12.4. The van der Waals surface area contributed by atoms with E-state index in [1.165, 1.54) is 0 Å². The summed E-state index contributed by atoms with van der Waals surface area (Å²) in [5.74, 6) is -1.20. The molecule has 2 aromatic rings. The Hall–Kier alpha value is -2.34. The first-order valence-corrected chi connectivity index (χ1v) is 7.10. The number of fused-ring (bicyclic) bond motifs is 1. The van der Waals surface area contributed by atoms with Crippen molar-refractivity contribution in [2.45, 2.75) is 25.3 Å². The summed E-state index contributed by atoms with van der Waals surface area (Å²) in [6.45, 7) is 2.60. The van der Waals surface area contributed by atoms with Gasteiger partial charge in [0, 0.05) is 12.0 Å². The molecule has 116 valence electrons. The van der Waals surface area contributed by atoms with E-state index in [1.807, 2.05) is 25.1 Å². The Morgan fingerprint density at radius 1 is 1.36 bits per heavy atom. The Morgan fingerprint density at radius 2 is 2.18 bits per heavy atom. The number of hydrogen-bond acceptors (Lipinski definition) is 4. The number of carboxylic acid groups (broad SMARTS) is 1. The summed E-state index contributed by atoms with van der Waals surface area (Å²) in [4.78, 5) is 23.4. The highest BCUT2D eigenvalue weighted by atomic mass is 16.5. The number of carboxylic acids is 1. The molecule has 1 amide bonds. The third-order valence-corrected chi connectivity index (χ3v) is 3.87. The van der Waals surface area contributed by atoms with Crippen LogP contribution in [0.5, 0.6) is 0 Å². The highest BCUT2D eigenvalue weighted by Gasteiger charge is 2.39. The van der Waals surface area contributed by atoms with Crippen molar-refractivity contribution in [1.29, 1.82) is 0 Å². The Labute approximate surface area is 127 Å². The molecule has 1 aliphatic heterocycles. The number of aliphatic carboxylic acids is 1. The van der Waals surface area contributed by atoms with Crippen LogP contribution in [0.2, 0.25) is 0 Å². The first-order valence-electron chi connectivity index (χ1n) is 7.10. The minimum Gasteiger partial charge on any atom is -0.481 e. The molecule has 2 heterocycles. The largest absolute Gasteiger partial charge is 0.481 e. The van der Waals surface area contributed by atoms with E-state index in [0.717, 1.165) is 10.9 Å². The van der Waals surface area contributed by atoms with Crippen LogP contribution in [0, 0.1) is 6.92 Å². The summed E-state index contributed by atoms with van der Waals surface area (Å²) in [7, 11) is 0. The summed E-state index contributed by atoms with van der Waals surface area (Å²) in [6, 6.07) is 7.32. The number of furan rings is 1. The van der Waals surface area contributed by atoms with Crippen molar-refractivity contribution in [3.63, 3.8) is 0 Å². The molecule has 6 heteroatoms. The summed E-state index contributed by atoms with van der Waals surface area (Å²) in [5.41, 5.74) is 0.843. The Balaban J connectivity index is 1.83. The monoisotopic (exact) mass is 303 g/mol. The number of ether oxygens (including phenoxy) is 1. The molecule has 6 nitrogen and oxygen atoms in total. The fourth-order valence-electron chi connectivity index (χ4n) is 2.76. The van der Waals surface area contributed by atoms with Gasteiger partial charge in [0.1, 0.15) is 5.58 Å². The molecule has 22 heavy (non-hydrogen) atoms. The molecule has 0 radical (unpaired) electrons. The Bertz CT molecular complexity index is 727. The highest BCUT2D eigenvalue weighted by Crippen LogP contribution is 2.25. The smallest absolute Gasteiger partial charge is 0.305 e. The van der Waals surface area contributed by atoms with E-state index in [0.29, 0.717) is 18.6 Å². The lowest BCUT2D eigenvalue weighted by Gasteiger charge is -2.26. The van der Waals surface area contributed by atoms with E-state index in [2.05, 4.69) is 5.32 Å². The second-order valence-electron chi connectivity index (χ2n) is 5.76. The molecule has 1 aliphatic rings. The molecule has 1 aromatic heterocycles. The predicted molar refractivity (Wildman–Crippen MR) is 78.8 cm³/mol. The average Bonchev–Trinajstić information content (AvgIpc) is 3.04. The molecule has 0 bridgehead atoms. The number of aryl methyl sites for hydroxylation is 1. The third-order valence-electron chi connectivity index (χ3n) is 3.87. The highest BCUT2D eigenvalue weighted by molar-refractivity contribution is 5.96. The molecule has 0 spiro atoms. The first kappa shape index (κ1) is 14.6. The number of carbonyl (C=O) groups excluding carboxylic acids is 1. The molecule has 1 atom stereocenters. The van der Waals surface area contributed by atoms with E-state index >= 15 is 0 Å². The van der Waals surface area contributed by atoms with Crippen LogP contribution in [0.4, 0.5) is 0 Å². The van der Waals surface area contributed by atoms with Gasteiger partial charge in [0.2, 0.25) is 0 Å². The predicted octanol–water partition coefficient (Wildman–Crippen LogP) is 2.10. The quantitative estimate of drug-likeness (QED) is 0.903. The summed E-state index contributed by atoms with van der Waals surface area (Å²) in [5, 5.41) is 12.7. The van der Waals surface area contributed by atoms with E-state index in [4.69, 9.17) is 14.3 Å². The summed E-state index contributed by atoms with van der Waals surface area (Å²) >= 11 is 0. The Kier molecular flexibility index (Phi) is 3.62. The minimum absolute atomic E-state index is 0.169. The van der Waals surface area contributed by atoms with E-state index < -0.39 is 17.4 Å². The lowest BCUT2D eigenvalue weighted by molar-refractivity contribution is -0.138. The number of benzene rings is 1. The van der Waals surface area contributed by atoms with Crippen molar-refractivity contribution in [3.8, 4) is 0 Å². The second kappa shape index (κ2) is 5.46. The normalized spacial score (nSPS) is 21.1. The van der Waals surface area contributed by atoms with E-state index in [9.17, 15) is 9.59 Å². The third kappa shape index (κ3) is 2.82. The fourth-order valence-corrected chi connectivity index (χ4v) is 2.76. The number of amides is 1. The molecule has 3 rings (SSSR count). The lowest BCUT2D eigenvalue weighted by Crippen LogP contribution is -2.50. The zero-order valence-corrected chi connectivity index (χ0v) is 12.2. The van der Waals surface area contributed by atoms with Gasteiger partial charge >= 0.3 is 5.97 Å². The molecule has 1 fully saturated rings. The molecule has 2 N–H and O–H groups in total. The number of rotatable bonds is 4. The van der Waals surface area contributed by atoms with Crippen LogP contribution in [0.3, 0.4) is 0 Å². The van der Waals surface area contributed by atoms with Gasteiger partial charge < -0.3 is 19.6 Å². The number of hydrogen-bond donors (Lipinski definition) is 2. The standard InChI is InChI=1S/C16H17NO5/c1-10-2-3-12-11(6-10)7-13(22-12)15(20)17-16(8-14(18)19)4-5-21-9-16/h2-3,6-7H,4-5,8-9H2,1H3,(H,17,20)(H,18,19). The number of nitrogens with one attached hydrogen (secondary N) is 1. The summed E-state index contributed by atoms with van der Waals surface area (Å²) < 4.78 is 10.8. The van der Waals surface area contributed by atoms with Crippen LogP contribution in [0.25, 0.3) is 11.0 Å². The van der Waals surface area contributed by atoms with Gasteiger partial charge in [0.05, 0.1) is 18.6 Å². The van der Waals surface area contributed by atoms with Crippen LogP contribution < -0.4 is 5.32 Å². The van der Waals surface area contributed by atoms with E-state index in [1.54, 1.807) is 6.07 Å². The van der Waals surface area contributed by atoms with Crippen LogP contribution in [0.1, 0.15) is 29.0 Å². The lowest BCUT2D eigenvalue weighted by atomic mass is 9.94. The van der Waals surface area contributed by atoms with Gasteiger partial charge in [-0.3, -0.25) is 9.59 Å². The average molecular weight is 303 g/mol. The van der Waals surface area contributed by atoms with Gasteiger partial charge in [-0.15, -0.1) is 0 Å². The van der Waals surface area contributed by atoms with Crippen molar-refractivity contribution in [2.24, 2.45) is 0 Å².